The Morgan fingerprint density at radius 2 is 2.15 bits per heavy atom. The number of fused-ring (bicyclic) bond motifs is 5. The van der Waals surface area contributed by atoms with Crippen LogP contribution in [0.1, 0.15) is 45.4 Å². The molecule has 0 amide bonds. The largest absolute Gasteiger partial charge is 0.327 e. The second-order valence-corrected chi connectivity index (χ2v) is 5.67. The van der Waals surface area contributed by atoms with E-state index in [1.165, 1.54) is 38.5 Å². The first-order chi connectivity index (χ1) is 6.25. The predicted molar refractivity (Wildman–Crippen MR) is 54.3 cm³/mol. The van der Waals surface area contributed by atoms with E-state index in [2.05, 4.69) is 6.92 Å². The maximum atomic E-state index is 6.26. The Labute approximate surface area is 81.1 Å². The first kappa shape index (κ1) is 8.28. The smallest absolute Gasteiger partial charge is 0.00724 e. The van der Waals surface area contributed by atoms with Crippen molar-refractivity contribution in [2.24, 2.45) is 28.9 Å². The summed E-state index contributed by atoms with van der Waals surface area (Å²) < 4.78 is 0. The van der Waals surface area contributed by atoms with Crippen LogP contribution in [0.5, 0.6) is 0 Å². The summed E-state index contributed by atoms with van der Waals surface area (Å²) >= 11 is 0. The van der Waals surface area contributed by atoms with E-state index >= 15 is 0 Å². The van der Waals surface area contributed by atoms with Crippen LogP contribution in [-0.4, -0.2) is 6.04 Å². The van der Waals surface area contributed by atoms with Crippen LogP contribution in [-0.2, 0) is 0 Å². The fourth-order valence-electron chi connectivity index (χ4n) is 5.07. The highest BCUT2D eigenvalue weighted by Gasteiger charge is 2.60. The normalized spacial score (nSPS) is 55.4. The highest BCUT2D eigenvalue weighted by atomic mass is 14.8. The number of hydrogen-bond donors (Lipinski definition) is 1. The third kappa shape index (κ3) is 0.823. The van der Waals surface area contributed by atoms with Gasteiger partial charge < -0.3 is 5.73 Å². The number of nitrogens with two attached hydrogens (primary N) is 1. The number of rotatable bonds is 1. The summed E-state index contributed by atoms with van der Waals surface area (Å²) in [6, 6.07) is 0.454. The Hall–Kier alpha value is -0.0400. The molecule has 3 rings (SSSR count). The van der Waals surface area contributed by atoms with E-state index in [4.69, 9.17) is 5.73 Å². The zero-order chi connectivity index (χ0) is 9.05. The Bertz CT molecular complexity index is 223. The van der Waals surface area contributed by atoms with Crippen LogP contribution in [0.15, 0.2) is 0 Å². The topological polar surface area (TPSA) is 26.0 Å². The van der Waals surface area contributed by atoms with Crippen molar-refractivity contribution in [3.05, 3.63) is 0 Å². The van der Waals surface area contributed by atoms with E-state index in [9.17, 15) is 0 Å². The molecule has 3 fully saturated rings. The van der Waals surface area contributed by atoms with Crippen molar-refractivity contribution >= 4 is 0 Å². The summed E-state index contributed by atoms with van der Waals surface area (Å²) in [7, 11) is 0. The van der Waals surface area contributed by atoms with Crippen LogP contribution in [0.4, 0.5) is 0 Å². The van der Waals surface area contributed by atoms with Crippen molar-refractivity contribution in [2.45, 2.75) is 51.5 Å². The third-order valence-corrected chi connectivity index (χ3v) is 5.47. The van der Waals surface area contributed by atoms with Gasteiger partial charge in [-0.05, 0) is 62.2 Å². The molecule has 3 aliphatic rings. The molecule has 0 aromatic carbocycles. The van der Waals surface area contributed by atoms with Crippen molar-refractivity contribution in [1.82, 2.24) is 0 Å². The van der Waals surface area contributed by atoms with Crippen molar-refractivity contribution in [1.29, 1.82) is 0 Å². The molecular formula is C12H21N. The average Bonchev–Trinajstić information content (AvgIpc) is 2.76. The highest BCUT2D eigenvalue weighted by molar-refractivity contribution is 5.11. The monoisotopic (exact) mass is 179 g/mol. The minimum absolute atomic E-state index is 0.454. The molecule has 0 aromatic rings. The van der Waals surface area contributed by atoms with Crippen LogP contribution in [0.3, 0.4) is 0 Å². The lowest BCUT2D eigenvalue weighted by Crippen LogP contribution is -2.46. The predicted octanol–water partition coefficient (Wildman–Crippen LogP) is 2.55. The van der Waals surface area contributed by atoms with E-state index in [0.29, 0.717) is 11.5 Å². The lowest BCUT2D eigenvalue weighted by atomic mass is 9.64. The molecule has 0 unspecified atom stereocenters. The highest BCUT2D eigenvalue weighted by Crippen LogP contribution is 2.67. The van der Waals surface area contributed by atoms with Crippen LogP contribution in [0.2, 0.25) is 0 Å². The molecule has 13 heavy (non-hydrogen) atoms. The maximum absolute atomic E-state index is 6.26. The SMILES string of the molecule is C[C@H](N)[C@@]12CCC[C@H]1[C@H]1CC[C@H]2C1. The summed E-state index contributed by atoms with van der Waals surface area (Å²) in [6.07, 6.45) is 8.91. The molecule has 1 heteroatoms. The molecule has 0 aliphatic heterocycles. The lowest BCUT2D eigenvalue weighted by molar-refractivity contribution is 0.0839. The third-order valence-electron chi connectivity index (χ3n) is 5.47. The standard InChI is InChI=1S/C12H21N/c1-8(13)12-6-2-3-11(12)9-4-5-10(12)7-9/h8-11H,2-7,13H2,1H3/t8-,9-,10-,11-,12+/m0/s1. The van der Waals surface area contributed by atoms with Gasteiger partial charge in [0.2, 0.25) is 0 Å². The van der Waals surface area contributed by atoms with E-state index in [1.54, 1.807) is 0 Å². The zero-order valence-corrected chi connectivity index (χ0v) is 8.63. The van der Waals surface area contributed by atoms with Crippen molar-refractivity contribution in [2.75, 3.05) is 0 Å². The molecule has 2 N–H and O–H groups in total. The molecular weight excluding hydrogens is 158 g/mol. The van der Waals surface area contributed by atoms with Crippen LogP contribution >= 0.6 is 0 Å². The first-order valence-electron chi connectivity index (χ1n) is 6.00. The number of hydrogen-bond acceptors (Lipinski definition) is 1. The summed E-state index contributed by atoms with van der Waals surface area (Å²) in [4.78, 5) is 0. The van der Waals surface area contributed by atoms with Gasteiger partial charge in [0.1, 0.15) is 0 Å². The molecule has 74 valence electrons. The van der Waals surface area contributed by atoms with Gasteiger partial charge in [0, 0.05) is 6.04 Å². The fraction of sp³-hybridized carbons (Fsp3) is 1.00. The second-order valence-electron chi connectivity index (χ2n) is 5.67. The summed E-state index contributed by atoms with van der Waals surface area (Å²) in [5.74, 6) is 3.09. The van der Waals surface area contributed by atoms with Gasteiger partial charge in [-0.25, -0.2) is 0 Å². The molecule has 0 radical (unpaired) electrons. The zero-order valence-electron chi connectivity index (χ0n) is 8.63. The van der Waals surface area contributed by atoms with Gasteiger partial charge in [-0.3, -0.25) is 0 Å². The Morgan fingerprint density at radius 1 is 1.31 bits per heavy atom. The van der Waals surface area contributed by atoms with E-state index in [-0.39, 0.29) is 0 Å². The first-order valence-corrected chi connectivity index (χ1v) is 6.00. The molecule has 0 aromatic heterocycles. The molecule has 1 nitrogen and oxygen atoms in total. The van der Waals surface area contributed by atoms with Crippen LogP contribution < -0.4 is 5.73 Å². The van der Waals surface area contributed by atoms with Gasteiger partial charge >= 0.3 is 0 Å². The van der Waals surface area contributed by atoms with Gasteiger partial charge in [0.25, 0.3) is 0 Å². The molecule has 3 aliphatic carbocycles. The second kappa shape index (κ2) is 2.50. The molecule has 0 saturated heterocycles. The summed E-state index contributed by atoms with van der Waals surface area (Å²) in [6.45, 7) is 2.26. The van der Waals surface area contributed by atoms with Crippen molar-refractivity contribution < 1.29 is 0 Å². The van der Waals surface area contributed by atoms with E-state index in [0.717, 1.165) is 17.8 Å². The van der Waals surface area contributed by atoms with Gasteiger partial charge in [-0.2, -0.15) is 0 Å². The summed E-state index contributed by atoms with van der Waals surface area (Å²) in [5.41, 5.74) is 6.86. The van der Waals surface area contributed by atoms with Crippen LogP contribution in [0.25, 0.3) is 0 Å². The molecule has 2 bridgehead atoms. The van der Waals surface area contributed by atoms with Gasteiger partial charge in [-0.15, -0.1) is 0 Å². The maximum Gasteiger partial charge on any atom is 0.00724 e. The average molecular weight is 179 g/mol. The van der Waals surface area contributed by atoms with Crippen LogP contribution in [0, 0.1) is 23.2 Å². The van der Waals surface area contributed by atoms with Gasteiger partial charge in [-0.1, -0.05) is 6.42 Å². The minimum Gasteiger partial charge on any atom is -0.327 e. The summed E-state index contributed by atoms with van der Waals surface area (Å²) in [5, 5.41) is 0. The minimum atomic E-state index is 0.454. The van der Waals surface area contributed by atoms with E-state index < -0.39 is 0 Å². The molecule has 5 atom stereocenters. The quantitative estimate of drug-likeness (QED) is 0.657. The molecule has 0 spiro atoms. The van der Waals surface area contributed by atoms with Gasteiger partial charge in [0.05, 0.1) is 0 Å². The Balaban J connectivity index is 1.99. The fourth-order valence-corrected chi connectivity index (χ4v) is 5.07. The van der Waals surface area contributed by atoms with E-state index in [1.807, 2.05) is 0 Å². The Kier molecular flexibility index (Phi) is 1.59. The van der Waals surface area contributed by atoms with Crippen molar-refractivity contribution in [3.63, 3.8) is 0 Å². The molecule has 3 saturated carbocycles. The molecule has 0 heterocycles. The lowest BCUT2D eigenvalue weighted by Gasteiger charge is -2.43. The van der Waals surface area contributed by atoms with Gasteiger partial charge in [0.15, 0.2) is 0 Å². The Morgan fingerprint density at radius 3 is 2.85 bits per heavy atom. The van der Waals surface area contributed by atoms with Crippen molar-refractivity contribution in [3.8, 4) is 0 Å².